The number of carbonyl (C=O) groups is 2. The number of benzene rings is 2. The Morgan fingerprint density at radius 3 is 2.69 bits per heavy atom. The van der Waals surface area contributed by atoms with Crippen LogP contribution in [-0.2, 0) is 30.7 Å². The van der Waals surface area contributed by atoms with Crippen molar-refractivity contribution >= 4 is 23.1 Å². The molecule has 4 heteroatoms. The maximum absolute atomic E-state index is 12.9. The van der Waals surface area contributed by atoms with E-state index in [-0.39, 0.29) is 12.5 Å². The van der Waals surface area contributed by atoms with Crippen LogP contribution in [0, 0.1) is 0 Å². The smallest absolute Gasteiger partial charge is 0.242 e. The molecule has 0 radical (unpaired) electrons. The molecule has 0 bridgehead atoms. The summed E-state index contributed by atoms with van der Waals surface area (Å²) in [7, 11) is 0. The summed E-state index contributed by atoms with van der Waals surface area (Å²) >= 11 is 0. The highest BCUT2D eigenvalue weighted by Crippen LogP contribution is 2.25. The highest BCUT2D eigenvalue weighted by Gasteiger charge is 2.21. The number of aryl methyl sites for hydroxylation is 1. The van der Waals surface area contributed by atoms with E-state index in [0.29, 0.717) is 12.1 Å². The van der Waals surface area contributed by atoms with Gasteiger partial charge in [-0.1, -0.05) is 49.4 Å². The van der Waals surface area contributed by atoms with E-state index in [0.717, 1.165) is 42.1 Å². The van der Waals surface area contributed by atoms with Gasteiger partial charge >= 0.3 is 0 Å². The third kappa shape index (κ3) is 2.81. The second-order valence-electron chi connectivity index (χ2n) is 6.83. The minimum atomic E-state index is 0.0970. The van der Waals surface area contributed by atoms with Crippen LogP contribution in [0.5, 0.6) is 0 Å². The van der Waals surface area contributed by atoms with Crippen molar-refractivity contribution in [3.8, 4) is 0 Å². The fourth-order valence-corrected chi connectivity index (χ4v) is 3.92. The Labute approximate surface area is 153 Å². The molecule has 1 aliphatic heterocycles. The van der Waals surface area contributed by atoms with Crippen LogP contribution >= 0.6 is 0 Å². The lowest BCUT2D eigenvalue weighted by Crippen LogP contribution is -2.37. The molecule has 1 amide bonds. The van der Waals surface area contributed by atoms with Crippen molar-refractivity contribution in [3.05, 3.63) is 70.9 Å². The van der Waals surface area contributed by atoms with Crippen LogP contribution in [0.2, 0.25) is 0 Å². The average molecular weight is 346 g/mol. The van der Waals surface area contributed by atoms with Gasteiger partial charge in [-0.25, -0.2) is 0 Å². The molecule has 3 aromatic rings. The molecule has 0 N–H and O–H groups in total. The average Bonchev–Trinajstić information content (AvgIpc) is 3.05. The van der Waals surface area contributed by atoms with Crippen molar-refractivity contribution in [1.29, 1.82) is 0 Å². The molecule has 0 saturated heterocycles. The Hall–Kier alpha value is -2.88. The van der Waals surface area contributed by atoms with Crippen LogP contribution in [0.15, 0.2) is 48.7 Å². The van der Waals surface area contributed by atoms with E-state index in [9.17, 15) is 9.59 Å². The SMILES string of the molecule is CCc1cccc2c(C=O)cn(CC(=O)N3CCc4ccccc4C3)c12. The summed E-state index contributed by atoms with van der Waals surface area (Å²) in [5.74, 6) is 0.0970. The van der Waals surface area contributed by atoms with Crippen LogP contribution in [0.25, 0.3) is 10.9 Å². The molecule has 0 atom stereocenters. The number of nitrogens with zero attached hydrogens (tertiary/aromatic N) is 2. The van der Waals surface area contributed by atoms with Gasteiger partial charge in [-0.05, 0) is 29.5 Å². The first kappa shape index (κ1) is 16.6. The number of rotatable bonds is 4. The number of aromatic nitrogens is 1. The van der Waals surface area contributed by atoms with E-state index in [1.165, 1.54) is 11.1 Å². The van der Waals surface area contributed by atoms with Gasteiger partial charge in [0.25, 0.3) is 0 Å². The minimum Gasteiger partial charge on any atom is -0.337 e. The van der Waals surface area contributed by atoms with E-state index in [2.05, 4.69) is 31.2 Å². The molecule has 0 aliphatic carbocycles. The van der Waals surface area contributed by atoms with Crippen LogP contribution in [-0.4, -0.2) is 28.2 Å². The predicted octanol–water partition coefficient (Wildman–Crippen LogP) is 3.60. The molecule has 4 nitrogen and oxygen atoms in total. The van der Waals surface area contributed by atoms with E-state index in [1.54, 1.807) is 0 Å². The summed E-state index contributed by atoms with van der Waals surface area (Å²) in [6.07, 6.45) is 4.45. The Kier molecular flexibility index (Phi) is 4.33. The minimum absolute atomic E-state index is 0.0970. The van der Waals surface area contributed by atoms with E-state index >= 15 is 0 Å². The molecular formula is C22H22N2O2. The second kappa shape index (κ2) is 6.79. The normalized spacial score (nSPS) is 13.7. The molecule has 0 fully saturated rings. The molecule has 26 heavy (non-hydrogen) atoms. The maximum atomic E-state index is 12.9. The number of hydrogen-bond acceptors (Lipinski definition) is 2. The number of carbonyl (C=O) groups excluding carboxylic acids is 2. The summed E-state index contributed by atoms with van der Waals surface area (Å²) in [6.45, 7) is 3.77. The zero-order chi connectivity index (χ0) is 18.1. The Morgan fingerprint density at radius 2 is 1.92 bits per heavy atom. The van der Waals surface area contributed by atoms with Crippen LogP contribution in [0.4, 0.5) is 0 Å². The zero-order valence-electron chi connectivity index (χ0n) is 14.9. The van der Waals surface area contributed by atoms with E-state index in [4.69, 9.17) is 0 Å². The third-order valence-electron chi connectivity index (χ3n) is 5.31. The highest BCUT2D eigenvalue weighted by molar-refractivity contribution is 5.99. The van der Waals surface area contributed by atoms with Crippen molar-refractivity contribution in [2.24, 2.45) is 0 Å². The molecule has 0 unspecified atom stereocenters. The van der Waals surface area contributed by atoms with Crippen molar-refractivity contribution in [1.82, 2.24) is 9.47 Å². The lowest BCUT2D eigenvalue weighted by Gasteiger charge is -2.29. The quantitative estimate of drug-likeness (QED) is 0.678. The standard InChI is InChI=1S/C22H22N2O2/c1-2-16-8-5-9-20-19(15-25)13-24(22(16)20)14-21(26)23-11-10-17-6-3-4-7-18(17)12-23/h3-9,13,15H,2,10-12,14H2,1H3. The summed E-state index contributed by atoms with van der Waals surface area (Å²) in [5, 5.41) is 0.927. The number of hydrogen-bond donors (Lipinski definition) is 0. The Balaban J connectivity index is 1.63. The van der Waals surface area contributed by atoms with Gasteiger partial charge in [-0.15, -0.1) is 0 Å². The van der Waals surface area contributed by atoms with Crippen molar-refractivity contribution in [2.45, 2.75) is 32.9 Å². The fraction of sp³-hybridized carbons (Fsp3) is 0.273. The number of aldehydes is 1. The zero-order valence-corrected chi connectivity index (χ0v) is 14.9. The molecular weight excluding hydrogens is 324 g/mol. The summed E-state index contributed by atoms with van der Waals surface area (Å²) < 4.78 is 1.95. The van der Waals surface area contributed by atoms with Gasteiger partial charge in [-0.2, -0.15) is 0 Å². The van der Waals surface area contributed by atoms with Gasteiger partial charge in [0.05, 0.1) is 5.52 Å². The third-order valence-corrected chi connectivity index (χ3v) is 5.31. The Morgan fingerprint density at radius 1 is 1.12 bits per heavy atom. The molecule has 1 aliphatic rings. The second-order valence-corrected chi connectivity index (χ2v) is 6.83. The molecule has 4 rings (SSSR count). The van der Waals surface area contributed by atoms with Gasteiger partial charge in [0.2, 0.25) is 5.91 Å². The number of para-hydroxylation sites is 1. The van der Waals surface area contributed by atoms with Crippen molar-refractivity contribution < 1.29 is 9.59 Å². The first-order chi connectivity index (χ1) is 12.7. The lowest BCUT2D eigenvalue weighted by atomic mass is 10.00. The van der Waals surface area contributed by atoms with Gasteiger partial charge < -0.3 is 9.47 Å². The summed E-state index contributed by atoms with van der Waals surface area (Å²) in [5.41, 5.74) is 5.37. The van der Waals surface area contributed by atoms with Gasteiger partial charge in [0, 0.05) is 30.2 Å². The molecule has 1 aromatic heterocycles. The molecule has 0 saturated carbocycles. The van der Waals surface area contributed by atoms with Gasteiger partial charge in [0.15, 0.2) is 6.29 Å². The number of fused-ring (bicyclic) bond motifs is 2. The largest absolute Gasteiger partial charge is 0.337 e. The van der Waals surface area contributed by atoms with Crippen LogP contribution < -0.4 is 0 Å². The van der Waals surface area contributed by atoms with Gasteiger partial charge in [0.1, 0.15) is 6.54 Å². The van der Waals surface area contributed by atoms with Crippen molar-refractivity contribution in [3.63, 3.8) is 0 Å². The summed E-state index contributed by atoms with van der Waals surface area (Å²) in [4.78, 5) is 26.3. The first-order valence-corrected chi connectivity index (χ1v) is 9.11. The maximum Gasteiger partial charge on any atom is 0.242 e. The van der Waals surface area contributed by atoms with Gasteiger partial charge in [-0.3, -0.25) is 9.59 Å². The molecule has 2 heterocycles. The fourth-order valence-electron chi connectivity index (χ4n) is 3.92. The number of amides is 1. The van der Waals surface area contributed by atoms with Crippen LogP contribution in [0.3, 0.4) is 0 Å². The molecule has 132 valence electrons. The monoisotopic (exact) mass is 346 g/mol. The summed E-state index contributed by atoms with van der Waals surface area (Å²) in [6, 6.07) is 14.3. The van der Waals surface area contributed by atoms with E-state index in [1.807, 2.05) is 33.9 Å². The highest BCUT2D eigenvalue weighted by atomic mass is 16.2. The first-order valence-electron chi connectivity index (χ1n) is 9.11. The lowest BCUT2D eigenvalue weighted by molar-refractivity contribution is -0.132. The Bertz CT molecular complexity index is 987. The topological polar surface area (TPSA) is 42.3 Å². The predicted molar refractivity (Wildman–Crippen MR) is 102 cm³/mol. The molecule has 0 spiro atoms. The van der Waals surface area contributed by atoms with Crippen molar-refractivity contribution in [2.75, 3.05) is 6.54 Å². The van der Waals surface area contributed by atoms with Crippen LogP contribution in [0.1, 0.15) is 34.0 Å². The molecule has 2 aromatic carbocycles. The van der Waals surface area contributed by atoms with E-state index < -0.39 is 0 Å².